The van der Waals surface area contributed by atoms with Crippen molar-refractivity contribution in [2.75, 3.05) is 23.5 Å². The maximum atomic E-state index is 15.4. The second kappa shape index (κ2) is 14.6. The van der Waals surface area contributed by atoms with Crippen molar-refractivity contribution >= 4 is 57.7 Å². The number of aliphatic hydroxyl groups is 1. The summed E-state index contributed by atoms with van der Waals surface area (Å²) in [5.74, 6) is -5.19. The molecule has 2 aliphatic carbocycles. The number of amides is 4. The SMILES string of the molecule is O=C1[C@@H]2C[C@@H]3C(=CC[C@@H]4C(=O)N(c5ccc(-c6nc7ccccc7o6)cc5)C(=O)[C@@H]43)[C@H](c3ccc(OCCO)cc3)[C@]2(c2ccc(Cl)cc2)C(=O)N1Nc1ccc(F)cc1. The molecule has 2 saturated heterocycles. The third-order valence-corrected chi connectivity index (χ3v) is 12.7. The minimum atomic E-state index is -1.52. The van der Waals surface area contributed by atoms with E-state index in [0.29, 0.717) is 55.8 Å². The number of aromatic nitrogens is 1. The van der Waals surface area contributed by atoms with Gasteiger partial charge in [-0.2, -0.15) is 5.01 Å². The molecule has 4 aliphatic rings. The number of allylic oxidation sites excluding steroid dienone is 2. The smallest absolute Gasteiger partial charge is 0.260 e. The average Bonchev–Trinajstić information content (AvgIpc) is 3.88. The number of carbonyl (C=O) groups excluding carboxylic acids is 4. The number of rotatable bonds is 9. The Hall–Kier alpha value is -6.63. The summed E-state index contributed by atoms with van der Waals surface area (Å²) in [6, 6.07) is 33.8. The summed E-state index contributed by atoms with van der Waals surface area (Å²) < 4.78 is 25.6. The molecule has 3 fully saturated rings. The van der Waals surface area contributed by atoms with E-state index in [1.165, 1.54) is 29.2 Å². The van der Waals surface area contributed by atoms with Gasteiger partial charge in [-0.3, -0.25) is 29.5 Å². The first kappa shape index (κ1) is 37.6. The molecule has 1 aromatic heterocycles. The van der Waals surface area contributed by atoms with E-state index >= 15 is 4.79 Å². The molecular formula is C47H36ClFN4O7. The number of fused-ring (bicyclic) bond motifs is 5. The van der Waals surface area contributed by atoms with Crippen molar-refractivity contribution in [1.82, 2.24) is 9.99 Å². The number of benzene rings is 5. The lowest BCUT2D eigenvalue weighted by Crippen LogP contribution is -2.53. The first-order chi connectivity index (χ1) is 29.2. The largest absolute Gasteiger partial charge is 0.491 e. The Labute approximate surface area is 348 Å². The number of oxazole rings is 1. The van der Waals surface area contributed by atoms with Crippen molar-refractivity contribution in [3.63, 3.8) is 0 Å². The number of aliphatic hydroxyl groups excluding tert-OH is 1. The maximum absolute atomic E-state index is 15.4. The van der Waals surface area contributed by atoms with Crippen LogP contribution in [0.4, 0.5) is 15.8 Å². The Bertz CT molecular complexity index is 2690. The molecule has 11 nitrogen and oxygen atoms in total. The van der Waals surface area contributed by atoms with Crippen molar-refractivity contribution in [3.05, 3.63) is 155 Å². The second-order valence-corrected chi connectivity index (χ2v) is 16.0. The third-order valence-electron chi connectivity index (χ3n) is 12.5. The van der Waals surface area contributed by atoms with Crippen LogP contribution in [0.25, 0.3) is 22.6 Å². The minimum absolute atomic E-state index is 0.0824. The molecule has 5 aromatic carbocycles. The summed E-state index contributed by atoms with van der Waals surface area (Å²) in [6.45, 7) is -0.0954. The lowest BCUT2D eigenvalue weighted by molar-refractivity contribution is -0.138. The van der Waals surface area contributed by atoms with Crippen LogP contribution in [0.5, 0.6) is 5.75 Å². The number of nitrogens with zero attached hydrogens (tertiary/aromatic N) is 3. The summed E-state index contributed by atoms with van der Waals surface area (Å²) >= 11 is 6.41. The minimum Gasteiger partial charge on any atom is -0.491 e. The van der Waals surface area contributed by atoms with Gasteiger partial charge in [-0.25, -0.2) is 9.37 Å². The number of hydrogen-bond acceptors (Lipinski definition) is 9. The zero-order valence-electron chi connectivity index (χ0n) is 31.8. The van der Waals surface area contributed by atoms with E-state index in [4.69, 9.17) is 20.8 Å². The molecule has 4 amide bonds. The highest BCUT2D eigenvalue weighted by molar-refractivity contribution is 6.30. The number of anilines is 2. The van der Waals surface area contributed by atoms with Crippen LogP contribution in [-0.2, 0) is 24.6 Å². The number of nitrogens with one attached hydrogen (secondary N) is 1. The van der Waals surface area contributed by atoms with E-state index < -0.39 is 52.6 Å². The molecule has 0 radical (unpaired) electrons. The summed E-state index contributed by atoms with van der Waals surface area (Å²) in [5, 5.41) is 10.8. The lowest BCUT2D eigenvalue weighted by atomic mass is 9.49. The Morgan fingerprint density at radius 3 is 2.30 bits per heavy atom. The van der Waals surface area contributed by atoms with Gasteiger partial charge in [0, 0.05) is 16.5 Å². The molecular weight excluding hydrogens is 787 g/mol. The van der Waals surface area contributed by atoms with Crippen LogP contribution in [0, 0.1) is 29.5 Å². The Morgan fingerprint density at radius 1 is 0.850 bits per heavy atom. The van der Waals surface area contributed by atoms with Gasteiger partial charge in [0.25, 0.3) is 11.8 Å². The number of halogens is 2. The molecule has 1 saturated carbocycles. The molecule has 2 aliphatic heterocycles. The lowest BCUT2D eigenvalue weighted by Gasteiger charge is -2.50. The van der Waals surface area contributed by atoms with E-state index in [1.807, 2.05) is 42.5 Å². The molecule has 2 N–H and O–H groups in total. The number of para-hydroxylation sites is 2. The number of hydrogen-bond donors (Lipinski definition) is 2. The highest BCUT2D eigenvalue weighted by Crippen LogP contribution is 2.64. The van der Waals surface area contributed by atoms with Gasteiger partial charge >= 0.3 is 0 Å². The van der Waals surface area contributed by atoms with Crippen LogP contribution >= 0.6 is 11.6 Å². The van der Waals surface area contributed by atoms with Gasteiger partial charge in [0.1, 0.15) is 23.7 Å². The first-order valence-electron chi connectivity index (χ1n) is 19.7. The summed E-state index contributed by atoms with van der Waals surface area (Å²) in [4.78, 5) is 65.3. The van der Waals surface area contributed by atoms with Gasteiger partial charge in [0.2, 0.25) is 17.7 Å². The van der Waals surface area contributed by atoms with Crippen LogP contribution in [0.2, 0.25) is 5.02 Å². The van der Waals surface area contributed by atoms with E-state index in [9.17, 15) is 23.9 Å². The topological polar surface area (TPSA) is 142 Å². The van der Waals surface area contributed by atoms with Crippen molar-refractivity contribution in [1.29, 1.82) is 0 Å². The predicted octanol–water partition coefficient (Wildman–Crippen LogP) is 7.85. The Morgan fingerprint density at radius 2 is 1.58 bits per heavy atom. The zero-order valence-corrected chi connectivity index (χ0v) is 32.6. The van der Waals surface area contributed by atoms with Gasteiger partial charge in [0.15, 0.2) is 5.58 Å². The highest BCUT2D eigenvalue weighted by Gasteiger charge is 2.70. The van der Waals surface area contributed by atoms with Crippen molar-refractivity contribution < 1.29 is 37.8 Å². The quantitative estimate of drug-likeness (QED) is 0.110. The van der Waals surface area contributed by atoms with Crippen LogP contribution in [0.15, 0.2) is 137 Å². The van der Waals surface area contributed by atoms with Gasteiger partial charge in [0.05, 0.1) is 41.2 Å². The molecule has 0 bridgehead atoms. The fraction of sp³-hybridized carbons (Fsp3) is 0.213. The Balaban J connectivity index is 1.07. The number of imide groups is 2. The molecule has 13 heteroatoms. The molecule has 10 rings (SSSR count). The van der Waals surface area contributed by atoms with Gasteiger partial charge in [-0.05, 0) is 115 Å². The summed E-state index contributed by atoms with van der Waals surface area (Å²) in [5.41, 5.74) is 6.24. The van der Waals surface area contributed by atoms with E-state index in [1.54, 1.807) is 60.7 Å². The van der Waals surface area contributed by atoms with Gasteiger partial charge < -0.3 is 14.3 Å². The molecule has 3 heterocycles. The molecule has 300 valence electrons. The monoisotopic (exact) mass is 822 g/mol. The second-order valence-electron chi connectivity index (χ2n) is 15.6. The van der Waals surface area contributed by atoms with E-state index in [0.717, 1.165) is 10.6 Å². The maximum Gasteiger partial charge on any atom is 0.260 e. The molecule has 6 aromatic rings. The van der Waals surface area contributed by atoms with Gasteiger partial charge in [-0.1, -0.05) is 59.6 Å². The predicted molar refractivity (Wildman–Crippen MR) is 220 cm³/mol. The molecule has 0 unspecified atom stereocenters. The van der Waals surface area contributed by atoms with Crippen LogP contribution < -0.4 is 15.1 Å². The fourth-order valence-corrected chi connectivity index (χ4v) is 10.1. The standard InChI is InChI=1S/C47H36ClFN4O7/c48-29-11-9-28(10-12-29)47-37(44(56)53(46(47)58)51-31-15-13-30(49)14-16-31)25-36-34(41(47)26-7-19-33(20-8-26)59-24-23-54)21-22-35-40(36)45(57)52(43(35)55)32-17-5-27(6-18-32)42-50-38-3-1-2-4-39(38)60-42/h1-21,35-37,40-41,51,54H,22-25H2/t35-,36+,37-,40-,41-,47+/m0/s1. The number of hydrazine groups is 1. The Kier molecular flexibility index (Phi) is 9.14. The molecule has 6 atom stereocenters. The van der Waals surface area contributed by atoms with Crippen LogP contribution in [0.3, 0.4) is 0 Å². The fourth-order valence-electron chi connectivity index (χ4n) is 9.95. The summed E-state index contributed by atoms with van der Waals surface area (Å²) in [6.07, 6.45) is 2.33. The van der Waals surface area contributed by atoms with E-state index in [2.05, 4.69) is 10.4 Å². The van der Waals surface area contributed by atoms with E-state index in [-0.39, 0.29) is 37.9 Å². The normalized spacial score (nSPS) is 24.6. The number of ether oxygens (including phenoxy) is 1. The van der Waals surface area contributed by atoms with Crippen molar-refractivity contribution in [3.8, 4) is 17.2 Å². The molecule has 0 spiro atoms. The van der Waals surface area contributed by atoms with Crippen molar-refractivity contribution in [2.24, 2.45) is 23.7 Å². The van der Waals surface area contributed by atoms with Crippen LogP contribution in [0.1, 0.15) is 29.9 Å². The van der Waals surface area contributed by atoms with Gasteiger partial charge in [-0.15, -0.1) is 0 Å². The third kappa shape index (κ3) is 5.84. The van der Waals surface area contributed by atoms with Crippen LogP contribution in [-0.4, -0.2) is 51.9 Å². The average molecular weight is 823 g/mol. The van der Waals surface area contributed by atoms with Crippen molar-refractivity contribution in [2.45, 2.75) is 24.2 Å². The highest BCUT2D eigenvalue weighted by atomic mass is 35.5. The molecule has 60 heavy (non-hydrogen) atoms. The zero-order chi connectivity index (χ0) is 41.3. The summed E-state index contributed by atoms with van der Waals surface area (Å²) in [7, 11) is 0. The first-order valence-corrected chi connectivity index (χ1v) is 20.1. The number of carbonyl (C=O) groups is 4.